The minimum Gasteiger partial charge on any atom is -0.484 e. The van der Waals surface area contributed by atoms with Crippen molar-refractivity contribution in [3.8, 4) is 5.75 Å². The van der Waals surface area contributed by atoms with E-state index in [0.29, 0.717) is 17.7 Å². The number of Topliss-reactive ketones (excluding diaryl/α,β-unsaturated/α-hetero) is 1. The molecule has 4 heteroatoms. The van der Waals surface area contributed by atoms with Gasteiger partial charge in [0.1, 0.15) is 11.9 Å². The van der Waals surface area contributed by atoms with Gasteiger partial charge < -0.3 is 4.74 Å². The fourth-order valence-corrected chi connectivity index (χ4v) is 3.66. The Balaban J connectivity index is 1.97. The van der Waals surface area contributed by atoms with Crippen molar-refractivity contribution in [1.82, 2.24) is 0 Å². The topological polar surface area (TPSA) is 26.3 Å². The maximum absolute atomic E-state index is 12.1. The fraction of sp³-hybridized carbons (Fsp3) is 0.214. The van der Waals surface area contributed by atoms with Crippen LogP contribution < -0.4 is 4.74 Å². The Hall–Kier alpha value is -1.13. The maximum atomic E-state index is 12.1. The zero-order chi connectivity index (χ0) is 12.7. The summed E-state index contributed by atoms with van der Waals surface area (Å²) in [6.07, 6.45) is 0.269. The number of benzene rings is 1. The molecule has 0 saturated carbocycles. The van der Waals surface area contributed by atoms with Gasteiger partial charge in [-0.2, -0.15) is 0 Å². The van der Waals surface area contributed by atoms with Crippen molar-refractivity contribution in [2.24, 2.45) is 0 Å². The van der Waals surface area contributed by atoms with E-state index in [1.807, 2.05) is 30.3 Å². The van der Waals surface area contributed by atoms with Crippen molar-refractivity contribution in [1.29, 1.82) is 0 Å². The fourth-order valence-electron chi connectivity index (χ4n) is 2.07. The number of halogens is 1. The number of ketones is 1. The molecule has 1 aliphatic heterocycles. The predicted octanol–water partition coefficient (Wildman–Crippen LogP) is 4.53. The first-order valence-electron chi connectivity index (χ1n) is 5.70. The summed E-state index contributed by atoms with van der Waals surface area (Å²) in [7, 11) is 0. The molecular formula is C14H11BrO2S. The number of carbonyl (C=O) groups is 1. The highest BCUT2D eigenvalue weighted by Gasteiger charge is 2.28. The highest BCUT2D eigenvalue weighted by atomic mass is 79.9. The predicted molar refractivity (Wildman–Crippen MR) is 75.5 cm³/mol. The van der Waals surface area contributed by atoms with Gasteiger partial charge >= 0.3 is 0 Å². The van der Waals surface area contributed by atoms with Crippen molar-refractivity contribution in [3.63, 3.8) is 0 Å². The zero-order valence-electron chi connectivity index (χ0n) is 9.77. The molecule has 0 saturated heterocycles. The third-order valence-electron chi connectivity index (χ3n) is 3.02. The van der Waals surface area contributed by atoms with Gasteiger partial charge in [0.25, 0.3) is 0 Å². The van der Waals surface area contributed by atoms with Gasteiger partial charge in [-0.1, -0.05) is 12.1 Å². The molecule has 0 bridgehead atoms. The number of hydrogen-bond donors (Lipinski definition) is 0. The standard InChI is InChI=1S/C14H11BrO2S/c1-8-10(15)6-14(18-8)13-7-11(16)9-4-2-3-5-12(9)17-13/h2-6,13H,7H2,1H3. The van der Waals surface area contributed by atoms with Crippen LogP contribution in [0.3, 0.4) is 0 Å². The summed E-state index contributed by atoms with van der Waals surface area (Å²) in [5, 5.41) is 0. The number of fused-ring (bicyclic) bond motifs is 1. The van der Waals surface area contributed by atoms with Gasteiger partial charge in [0, 0.05) is 14.2 Å². The largest absolute Gasteiger partial charge is 0.484 e. The zero-order valence-corrected chi connectivity index (χ0v) is 12.2. The molecular weight excluding hydrogens is 312 g/mol. The van der Waals surface area contributed by atoms with Gasteiger partial charge in [-0.3, -0.25) is 4.79 Å². The van der Waals surface area contributed by atoms with Gasteiger partial charge in [0.2, 0.25) is 0 Å². The minimum absolute atomic E-state index is 0.151. The van der Waals surface area contributed by atoms with Crippen LogP contribution in [0, 0.1) is 6.92 Å². The lowest BCUT2D eigenvalue weighted by Crippen LogP contribution is -2.19. The van der Waals surface area contributed by atoms with E-state index in [-0.39, 0.29) is 11.9 Å². The average molecular weight is 323 g/mol. The van der Waals surface area contributed by atoms with E-state index in [4.69, 9.17) is 4.74 Å². The lowest BCUT2D eigenvalue weighted by atomic mass is 10.00. The van der Waals surface area contributed by atoms with E-state index in [1.54, 1.807) is 11.3 Å². The normalized spacial score (nSPS) is 18.3. The number of ether oxygens (including phenoxy) is 1. The molecule has 2 nitrogen and oxygen atoms in total. The molecule has 0 radical (unpaired) electrons. The van der Waals surface area contributed by atoms with Crippen LogP contribution in [0.25, 0.3) is 0 Å². The molecule has 3 rings (SSSR count). The monoisotopic (exact) mass is 322 g/mol. The second-order valence-electron chi connectivity index (χ2n) is 4.28. The lowest BCUT2D eigenvalue weighted by Gasteiger charge is -2.24. The Morgan fingerprint density at radius 1 is 1.39 bits per heavy atom. The summed E-state index contributed by atoms with van der Waals surface area (Å²) in [6.45, 7) is 2.05. The first-order valence-corrected chi connectivity index (χ1v) is 7.31. The Morgan fingerprint density at radius 3 is 2.89 bits per heavy atom. The van der Waals surface area contributed by atoms with Crippen molar-refractivity contribution < 1.29 is 9.53 Å². The molecule has 2 heterocycles. The Labute approximate surface area is 118 Å². The summed E-state index contributed by atoms with van der Waals surface area (Å²) >= 11 is 5.17. The average Bonchev–Trinajstić information content (AvgIpc) is 2.70. The van der Waals surface area contributed by atoms with Crippen LogP contribution in [0.4, 0.5) is 0 Å². The Kier molecular flexibility index (Phi) is 2.99. The molecule has 0 amide bonds. The third kappa shape index (κ3) is 1.99. The van der Waals surface area contributed by atoms with E-state index in [9.17, 15) is 4.79 Å². The second kappa shape index (κ2) is 4.52. The first kappa shape index (κ1) is 11.9. The van der Waals surface area contributed by atoms with Crippen molar-refractivity contribution in [2.45, 2.75) is 19.4 Å². The molecule has 1 aromatic carbocycles. The van der Waals surface area contributed by atoms with Crippen LogP contribution in [0.5, 0.6) is 5.75 Å². The molecule has 1 aromatic heterocycles. The lowest BCUT2D eigenvalue weighted by molar-refractivity contribution is 0.0854. The van der Waals surface area contributed by atoms with Crippen molar-refractivity contribution in [2.75, 3.05) is 0 Å². The van der Waals surface area contributed by atoms with Crippen LogP contribution in [0.2, 0.25) is 0 Å². The first-order chi connectivity index (χ1) is 8.65. The van der Waals surface area contributed by atoms with Crippen LogP contribution in [0.15, 0.2) is 34.8 Å². The number of rotatable bonds is 1. The maximum Gasteiger partial charge on any atom is 0.170 e. The molecule has 92 valence electrons. The number of para-hydroxylation sites is 1. The quantitative estimate of drug-likeness (QED) is 0.771. The van der Waals surface area contributed by atoms with E-state index in [1.165, 1.54) is 4.88 Å². The number of carbonyl (C=O) groups excluding carboxylic acids is 1. The van der Waals surface area contributed by atoms with E-state index < -0.39 is 0 Å². The van der Waals surface area contributed by atoms with Gasteiger partial charge in [0.05, 0.1) is 12.0 Å². The smallest absolute Gasteiger partial charge is 0.170 e. The van der Waals surface area contributed by atoms with Gasteiger partial charge in [0.15, 0.2) is 5.78 Å². The summed E-state index contributed by atoms with van der Waals surface area (Å²) in [6, 6.07) is 9.49. The number of aryl methyl sites for hydroxylation is 1. The second-order valence-corrected chi connectivity index (χ2v) is 6.43. The Morgan fingerprint density at radius 2 is 2.17 bits per heavy atom. The van der Waals surface area contributed by atoms with Crippen LogP contribution >= 0.6 is 27.3 Å². The molecule has 0 N–H and O–H groups in total. The van der Waals surface area contributed by atoms with Crippen molar-refractivity contribution in [3.05, 3.63) is 50.1 Å². The SMILES string of the molecule is Cc1sc(C2CC(=O)c3ccccc3O2)cc1Br. The molecule has 2 aromatic rings. The van der Waals surface area contributed by atoms with Gasteiger partial charge in [-0.25, -0.2) is 0 Å². The van der Waals surface area contributed by atoms with Crippen LogP contribution in [0.1, 0.15) is 32.6 Å². The van der Waals surface area contributed by atoms with Crippen molar-refractivity contribution >= 4 is 33.0 Å². The molecule has 0 spiro atoms. The number of hydrogen-bond acceptors (Lipinski definition) is 3. The minimum atomic E-state index is -0.151. The van der Waals surface area contributed by atoms with Gasteiger partial charge in [-0.15, -0.1) is 11.3 Å². The molecule has 0 aliphatic carbocycles. The van der Waals surface area contributed by atoms with E-state index in [0.717, 1.165) is 9.35 Å². The molecule has 1 aliphatic rings. The van der Waals surface area contributed by atoms with E-state index >= 15 is 0 Å². The summed E-state index contributed by atoms with van der Waals surface area (Å²) in [4.78, 5) is 14.4. The van der Waals surface area contributed by atoms with Gasteiger partial charge in [-0.05, 0) is 41.1 Å². The Bertz CT molecular complexity index is 599. The number of thiophene rings is 1. The summed E-state index contributed by atoms with van der Waals surface area (Å²) < 4.78 is 7.01. The highest BCUT2D eigenvalue weighted by molar-refractivity contribution is 9.10. The molecule has 18 heavy (non-hydrogen) atoms. The van der Waals surface area contributed by atoms with Crippen LogP contribution in [-0.4, -0.2) is 5.78 Å². The molecule has 1 atom stereocenters. The molecule has 0 fully saturated rings. The molecule has 1 unspecified atom stereocenters. The summed E-state index contributed by atoms with van der Waals surface area (Å²) in [5.41, 5.74) is 0.695. The summed E-state index contributed by atoms with van der Waals surface area (Å²) in [5.74, 6) is 0.852. The highest BCUT2D eigenvalue weighted by Crippen LogP contribution is 2.39. The third-order valence-corrected chi connectivity index (χ3v) is 5.25. The van der Waals surface area contributed by atoms with E-state index in [2.05, 4.69) is 22.9 Å². The van der Waals surface area contributed by atoms with Crippen LogP contribution in [-0.2, 0) is 0 Å².